The molecule has 7 heteroatoms. The maximum atomic E-state index is 14.0. The minimum absolute atomic E-state index is 0.182. The second-order valence-corrected chi connectivity index (χ2v) is 10.8. The van der Waals surface area contributed by atoms with Gasteiger partial charge in [0, 0.05) is 38.7 Å². The molecule has 204 valence electrons. The van der Waals surface area contributed by atoms with Crippen LogP contribution in [0.5, 0.6) is 11.5 Å². The van der Waals surface area contributed by atoms with Crippen LogP contribution in [0.15, 0.2) is 107 Å². The molecule has 6 nitrogen and oxygen atoms in total. The van der Waals surface area contributed by atoms with E-state index in [0.29, 0.717) is 17.7 Å². The van der Waals surface area contributed by atoms with Crippen molar-refractivity contribution in [1.29, 1.82) is 0 Å². The molecule has 0 radical (unpaired) electrons. The molecule has 0 unspecified atom stereocenters. The van der Waals surface area contributed by atoms with E-state index in [9.17, 15) is 4.79 Å². The summed E-state index contributed by atoms with van der Waals surface area (Å²) in [6.45, 7) is 2.02. The summed E-state index contributed by atoms with van der Waals surface area (Å²) in [4.78, 5) is 18.9. The molecule has 41 heavy (non-hydrogen) atoms. The summed E-state index contributed by atoms with van der Waals surface area (Å²) in [6.07, 6.45) is 0.538. The van der Waals surface area contributed by atoms with Gasteiger partial charge >= 0.3 is 0 Å². The van der Waals surface area contributed by atoms with Gasteiger partial charge in [-0.2, -0.15) is 5.10 Å². The number of amides is 1. The van der Waals surface area contributed by atoms with E-state index in [1.807, 2.05) is 61.5 Å². The van der Waals surface area contributed by atoms with Crippen LogP contribution < -0.4 is 9.47 Å². The molecule has 1 atom stereocenters. The molecule has 2 heterocycles. The normalized spacial score (nSPS) is 14.7. The summed E-state index contributed by atoms with van der Waals surface area (Å²) < 4.78 is 11.7. The van der Waals surface area contributed by atoms with Crippen LogP contribution in [0.3, 0.4) is 0 Å². The molecule has 0 aliphatic carbocycles. The number of carbonyl (C=O) groups is 1. The van der Waals surface area contributed by atoms with E-state index in [0.717, 1.165) is 54.8 Å². The molecule has 0 saturated heterocycles. The lowest BCUT2D eigenvalue weighted by molar-refractivity contribution is 0.0711. The first kappa shape index (κ1) is 26.7. The third-order valence-electron chi connectivity index (χ3n) is 7.43. The summed E-state index contributed by atoms with van der Waals surface area (Å²) >= 11 is 3.65. The minimum Gasteiger partial charge on any atom is -0.497 e. The van der Waals surface area contributed by atoms with Gasteiger partial charge in [-0.3, -0.25) is 9.78 Å². The third kappa shape index (κ3) is 5.09. The minimum atomic E-state index is -0.299. The number of methoxy groups -OCH3 is 2. The summed E-state index contributed by atoms with van der Waals surface area (Å²) in [6, 6.07) is 31.1. The van der Waals surface area contributed by atoms with Crippen LogP contribution in [0.1, 0.15) is 39.6 Å². The lowest BCUT2D eigenvalue weighted by Gasteiger charge is -2.22. The smallest absolute Gasteiger partial charge is 0.274 e. The maximum Gasteiger partial charge on any atom is 0.274 e. The van der Waals surface area contributed by atoms with Gasteiger partial charge < -0.3 is 9.47 Å². The number of ether oxygens (including phenoxy) is 2. The molecule has 6 rings (SSSR count). The van der Waals surface area contributed by atoms with E-state index in [2.05, 4.69) is 34.1 Å². The van der Waals surface area contributed by atoms with Crippen molar-refractivity contribution in [2.75, 3.05) is 14.2 Å². The van der Waals surface area contributed by atoms with Gasteiger partial charge in [-0.05, 0) is 72.6 Å². The Hall–Kier alpha value is -4.49. The second-order valence-electron chi connectivity index (χ2n) is 9.89. The number of rotatable bonds is 6. The van der Waals surface area contributed by atoms with Gasteiger partial charge in [0.05, 0.1) is 31.5 Å². The van der Waals surface area contributed by atoms with Gasteiger partial charge in [-0.25, -0.2) is 5.01 Å². The molecule has 1 aliphatic rings. The van der Waals surface area contributed by atoms with Crippen molar-refractivity contribution in [3.05, 3.63) is 124 Å². The SMILES string of the molecule is COc1ccc(C(=O)N2N=C(c3c(C)nc4ccc(Br)cc4c3-c3ccccc3)C[C@H]2c2ccc(OC)cc2)cc1. The fourth-order valence-electron chi connectivity index (χ4n) is 5.42. The lowest BCUT2D eigenvalue weighted by atomic mass is 9.89. The Bertz CT molecular complexity index is 1770. The number of hydrazone groups is 1. The number of halogens is 1. The monoisotopic (exact) mass is 605 g/mol. The first-order valence-corrected chi connectivity index (χ1v) is 14.1. The van der Waals surface area contributed by atoms with E-state index in [4.69, 9.17) is 19.6 Å². The predicted molar refractivity (Wildman–Crippen MR) is 166 cm³/mol. The van der Waals surface area contributed by atoms with Crippen molar-refractivity contribution in [2.24, 2.45) is 5.10 Å². The van der Waals surface area contributed by atoms with Crippen LogP contribution in [-0.2, 0) is 0 Å². The molecular formula is C34H28BrN3O3. The lowest BCUT2D eigenvalue weighted by Crippen LogP contribution is -2.27. The molecule has 1 aliphatic heterocycles. The Kier molecular flexibility index (Phi) is 7.28. The summed E-state index contributed by atoms with van der Waals surface area (Å²) in [5.74, 6) is 1.27. The Morgan fingerprint density at radius 2 is 1.51 bits per heavy atom. The average molecular weight is 607 g/mol. The van der Waals surface area contributed by atoms with Crippen LogP contribution >= 0.6 is 15.9 Å². The van der Waals surface area contributed by atoms with Gasteiger partial charge in [0.15, 0.2) is 0 Å². The zero-order valence-electron chi connectivity index (χ0n) is 23.0. The van der Waals surface area contributed by atoms with Crippen molar-refractivity contribution in [3.8, 4) is 22.6 Å². The number of hydrogen-bond acceptors (Lipinski definition) is 5. The number of benzene rings is 4. The van der Waals surface area contributed by atoms with Gasteiger partial charge in [-0.15, -0.1) is 0 Å². The zero-order chi connectivity index (χ0) is 28.5. The topological polar surface area (TPSA) is 64.0 Å². The van der Waals surface area contributed by atoms with Crippen molar-refractivity contribution in [2.45, 2.75) is 19.4 Å². The molecule has 0 N–H and O–H groups in total. The average Bonchev–Trinajstić information content (AvgIpc) is 3.45. The van der Waals surface area contributed by atoms with E-state index < -0.39 is 0 Å². The summed E-state index contributed by atoms with van der Waals surface area (Å²) in [5, 5.41) is 7.67. The molecule has 0 saturated carbocycles. The van der Waals surface area contributed by atoms with E-state index in [-0.39, 0.29) is 11.9 Å². The number of aromatic nitrogens is 1. The Balaban J connectivity index is 1.53. The highest BCUT2D eigenvalue weighted by Crippen LogP contribution is 2.40. The Labute approximate surface area is 247 Å². The van der Waals surface area contributed by atoms with E-state index in [1.54, 1.807) is 43.5 Å². The highest BCUT2D eigenvalue weighted by molar-refractivity contribution is 9.10. The number of hydrogen-bond donors (Lipinski definition) is 0. The van der Waals surface area contributed by atoms with Crippen LogP contribution in [0.25, 0.3) is 22.0 Å². The first-order valence-electron chi connectivity index (χ1n) is 13.3. The summed E-state index contributed by atoms with van der Waals surface area (Å²) in [5.41, 5.74) is 7.18. The van der Waals surface area contributed by atoms with Crippen LogP contribution in [0, 0.1) is 6.92 Å². The number of aryl methyl sites for hydroxylation is 1. The van der Waals surface area contributed by atoms with Gasteiger partial charge in [0.2, 0.25) is 0 Å². The molecule has 1 amide bonds. The van der Waals surface area contributed by atoms with Crippen LogP contribution in [0.4, 0.5) is 0 Å². The second kappa shape index (κ2) is 11.2. The molecular weight excluding hydrogens is 578 g/mol. The maximum absolute atomic E-state index is 14.0. The third-order valence-corrected chi connectivity index (χ3v) is 7.93. The highest BCUT2D eigenvalue weighted by Gasteiger charge is 2.35. The molecule has 0 bridgehead atoms. The number of nitrogens with zero attached hydrogens (tertiary/aromatic N) is 3. The van der Waals surface area contributed by atoms with E-state index in [1.165, 1.54) is 0 Å². The predicted octanol–water partition coefficient (Wildman–Crippen LogP) is 7.98. The van der Waals surface area contributed by atoms with Crippen molar-refractivity contribution in [3.63, 3.8) is 0 Å². The number of fused-ring (bicyclic) bond motifs is 1. The quantitative estimate of drug-likeness (QED) is 0.197. The number of pyridine rings is 1. The Morgan fingerprint density at radius 1 is 0.854 bits per heavy atom. The van der Waals surface area contributed by atoms with Crippen molar-refractivity contribution < 1.29 is 14.3 Å². The standard InChI is InChI=1S/C34H28BrN3O3/c1-21-32(33(23-7-5-4-6-8-23)28-19-25(35)13-18-29(28)36-21)30-20-31(22-9-14-26(40-2)15-10-22)38(37-30)34(39)24-11-16-27(41-3)17-12-24/h4-19,31H,20H2,1-3H3/t31-/m0/s1. The summed E-state index contributed by atoms with van der Waals surface area (Å²) in [7, 11) is 3.25. The molecule has 4 aromatic carbocycles. The molecule has 5 aromatic rings. The first-order chi connectivity index (χ1) is 20.0. The Morgan fingerprint density at radius 3 is 2.17 bits per heavy atom. The molecule has 0 spiro atoms. The zero-order valence-corrected chi connectivity index (χ0v) is 24.6. The van der Waals surface area contributed by atoms with Crippen molar-refractivity contribution >= 4 is 38.5 Å². The number of carbonyl (C=O) groups excluding carboxylic acids is 1. The molecule has 0 fully saturated rings. The largest absolute Gasteiger partial charge is 0.497 e. The van der Waals surface area contributed by atoms with Gasteiger partial charge in [0.25, 0.3) is 5.91 Å². The van der Waals surface area contributed by atoms with Crippen molar-refractivity contribution in [1.82, 2.24) is 9.99 Å². The van der Waals surface area contributed by atoms with Crippen LogP contribution in [-0.4, -0.2) is 35.8 Å². The fraction of sp³-hybridized carbons (Fsp3) is 0.147. The highest BCUT2D eigenvalue weighted by atomic mass is 79.9. The van der Waals surface area contributed by atoms with Crippen LogP contribution in [0.2, 0.25) is 0 Å². The van der Waals surface area contributed by atoms with E-state index >= 15 is 0 Å². The fourth-order valence-corrected chi connectivity index (χ4v) is 5.78. The van der Waals surface area contributed by atoms with Gasteiger partial charge in [0.1, 0.15) is 11.5 Å². The molecule has 1 aromatic heterocycles. The van der Waals surface area contributed by atoms with Gasteiger partial charge in [-0.1, -0.05) is 58.4 Å².